The van der Waals surface area contributed by atoms with E-state index in [2.05, 4.69) is 22.2 Å². The predicted octanol–water partition coefficient (Wildman–Crippen LogP) is 4.41. The van der Waals surface area contributed by atoms with Crippen molar-refractivity contribution in [3.8, 4) is 0 Å². The maximum Gasteiger partial charge on any atom is 0.231 e. The Morgan fingerprint density at radius 1 is 1.08 bits per heavy atom. The number of rotatable bonds is 3. The molecule has 6 heteroatoms. The van der Waals surface area contributed by atoms with Gasteiger partial charge in [0.05, 0.1) is 12.1 Å². The van der Waals surface area contributed by atoms with E-state index in [0.29, 0.717) is 17.4 Å². The summed E-state index contributed by atoms with van der Waals surface area (Å²) in [5.41, 5.74) is 2.20. The van der Waals surface area contributed by atoms with Crippen molar-refractivity contribution in [2.45, 2.75) is 31.8 Å². The number of hydrogen-bond acceptors (Lipinski definition) is 3. The van der Waals surface area contributed by atoms with Crippen molar-refractivity contribution in [1.82, 2.24) is 14.8 Å². The molecule has 2 heterocycles. The van der Waals surface area contributed by atoms with Gasteiger partial charge >= 0.3 is 0 Å². The normalized spacial score (nSPS) is 19.2. The third kappa shape index (κ3) is 2.88. The average Bonchev–Trinajstić information content (AvgIpc) is 3.17. The molecule has 0 radical (unpaired) electrons. The number of carbonyl (C=O) groups excluding carboxylic acids is 1. The summed E-state index contributed by atoms with van der Waals surface area (Å²) in [6.45, 7) is 1.87. The van der Waals surface area contributed by atoms with E-state index in [0.717, 1.165) is 17.5 Å². The third-order valence-electron chi connectivity index (χ3n) is 4.83. The van der Waals surface area contributed by atoms with Crippen LogP contribution in [0.1, 0.15) is 43.0 Å². The largest absolute Gasteiger partial charge is 0.274 e. The standard InChI is InChI=1S/C20H19ClN4O/c1-2-19(26)24-17(14-6-4-3-5-7-14)12-18(25-20(24)22-13-23-25)15-8-10-16(21)11-9-15/h3-11,13,17-18H,2,12H2,1H3/t17-,18-/m0/s1. The molecule has 3 aromatic rings. The molecule has 0 fully saturated rings. The molecule has 2 aromatic carbocycles. The number of amides is 1. The van der Waals surface area contributed by atoms with Gasteiger partial charge in [0.25, 0.3) is 0 Å². The molecule has 4 rings (SSSR count). The molecule has 0 saturated carbocycles. The molecule has 0 N–H and O–H groups in total. The zero-order valence-electron chi connectivity index (χ0n) is 14.4. The van der Waals surface area contributed by atoms with Gasteiger partial charge in [-0.05, 0) is 29.7 Å². The molecule has 1 aliphatic heterocycles. The highest BCUT2D eigenvalue weighted by molar-refractivity contribution is 6.30. The van der Waals surface area contributed by atoms with Gasteiger partial charge in [-0.25, -0.2) is 4.68 Å². The lowest BCUT2D eigenvalue weighted by atomic mass is 9.92. The molecule has 2 atom stereocenters. The second-order valence-electron chi connectivity index (χ2n) is 6.35. The second kappa shape index (κ2) is 6.92. The second-order valence-corrected chi connectivity index (χ2v) is 6.79. The van der Waals surface area contributed by atoms with E-state index in [-0.39, 0.29) is 18.0 Å². The summed E-state index contributed by atoms with van der Waals surface area (Å²) in [5, 5.41) is 5.11. The number of carbonyl (C=O) groups is 1. The fourth-order valence-electron chi connectivity index (χ4n) is 3.57. The molecule has 0 bridgehead atoms. The van der Waals surface area contributed by atoms with E-state index in [1.54, 1.807) is 4.90 Å². The zero-order chi connectivity index (χ0) is 18.1. The third-order valence-corrected chi connectivity index (χ3v) is 5.09. The summed E-state index contributed by atoms with van der Waals surface area (Å²) < 4.78 is 1.84. The molecule has 0 aliphatic carbocycles. The lowest BCUT2D eigenvalue weighted by molar-refractivity contribution is -0.119. The van der Waals surface area contributed by atoms with Crippen LogP contribution >= 0.6 is 11.6 Å². The van der Waals surface area contributed by atoms with Crippen molar-refractivity contribution in [2.24, 2.45) is 0 Å². The van der Waals surface area contributed by atoms with Gasteiger partial charge in [0.15, 0.2) is 0 Å². The highest BCUT2D eigenvalue weighted by Gasteiger charge is 2.38. The molecule has 0 saturated heterocycles. The molecule has 0 unspecified atom stereocenters. The van der Waals surface area contributed by atoms with Gasteiger partial charge < -0.3 is 0 Å². The van der Waals surface area contributed by atoms with Crippen LogP contribution in [0.2, 0.25) is 5.02 Å². The van der Waals surface area contributed by atoms with Crippen molar-refractivity contribution in [2.75, 3.05) is 4.90 Å². The summed E-state index contributed by atoms with van der Waals surface area (Å²) in [7, 11) is 0. The first-order chi connectivity index (χ1) is 12.7. The summed E-state index contributed by atoms with van der Waals surface area (Å²) in [4.78, 5) is 18.9. The average molecular weight is 367 g/mol. The lowest BCUT2D eigenvalue weighted by Crippen LogP contribution is -2.42. The topological polar surface area (TPSA) is 51.0 Å². The van der Waals surface area contributed by atoms with Crippen LogP contribution in [0.4, 0.5) is 5.95 Å². The minimum absolute atomic E-state index is 0.00382. The quantitative estimate of drug-likeness (QED) is 0.690. The summed E-state index contributed by atoms with van der Waals surface area (Å²) in [6, 6.07) is 17.8. The zero-order valence-corrected chi connectivity index (χ0v) is 15.2. The van der Waals surface area contributed by atoms with Crippen molar-refractivity contribution >= 4 is 23.5 Å². The van der Waals surface area contributed by atoms with Crippen molar-refractivity contribution in [1.29, 1.82) is 0 Å². The van der Waals surface area contributed by atoms with Crippen molar-refractivity contribution in [3.05, 3.63) is 77.1 Å². The van der Waals surface area contributed by atoms with Crippen LogP contribution in [-0.4, -0.2) is 20.7 Å². The molecular formula is C20H19ClN4O. The highest BCUT2D eigenvalue weighted by atomic mass is 35.5. The Balaban J connectivity index is 1.83. The lowest BCUT2D eigenvalue weighted by Gasteiger charge is -2.39. The Labute approximate surface area is 157 Å². The first-order valence-electron chi connectivity index (χ1n) is 8.71. The number of fused-ring (bicyclic) bond motifs is 1. The number of aromatic nitrogens is 3. The Morgan fingerprint density at radius 3 is 2.46 bits per heavy atom. The first kappa shape index (κ1) is 16.8. The Kier molecular flexibility index (Phi) is 4.47. The number of benzene rings is 2. The van der Waals surface area contributed by atoms with Gasteiger partial charge in [-0.2, -0.15) is 10.1 Å². The number of halogens is 1. The predicted molar refractivity (Wildman–Crippen MR) is 101 cm³/mol. The Bertz CT molecular complexity index is 907. The Morgan fingerprint density at radius 2 is 1.77 bits per heavy atom. The first-order valence-corrected chi connectivity index (χ1v) is 9.08. The highest BCUT2D eigenvalue weighted by Crippen LogP contribution is 2.42. The SMILES string of the molecule is CCC(=O)N1c2ncnn2[C@H](c2ccc(Cl)cc2)C[C@H]1c1ccccc1. The smallest absolute Gasteiger partial charge is 0.231 e. The van der Waals surface area contributed by atoms with Crippen LogP contribution in [0.5, 0.6) is 0 Å². The molecule has 1 aliphatic rings. The summed E-state index contributed by atoms with van der Waals surface area (Å²) in [5.74, 6) is 0.638. The molecule has 5 nitrogen and oxygen atoms in total. The van der Waals surface area contributed by atoms with Crippen LogP contribution < -0.4 is 4.90 Å². The van der Waals surface area contributed by atoms with Gasteiger partial charge in [-0.1, -0.05) is 61.0 Å². The van der Waals surface area contributed by atoms with E-state index >= 15 is 0 Å². The molecule has 0 spiro atoms. The van der Waals surface area contributed by atoms with Gasteiger partial charge in [0.1, 0.15) is 6.33 Å². The molecule has 1 amide bonds. The fraction of sp³-hybridized carbons (Fsp3) is 0.250. The van der Waals surface area contributed by atoms with Gasteiger partial charge in [0.2, 0.25) is 11.9 Å². The molecule has 26 heavy (non-hydrogen) atoms. The van der Waals surface area contributed by atoms with E-state index in [9.17, 15) is 4.79 Å². The van der Waals surface area contributed by atoms with Gasteiger partial charge in [-0.15, -0.1) is 0 Å². The van der Waals surface area contributed by atoms with Crippen molar-refractivity contribution < 1.29 is 4.79 Å². The summed E-state index contributed by atoms with van der Waals surface area (Å²) >= 11 is 6.05. The molecule has 1 aromatic heterocycles. The van der Waals surface area contributed by atoms with Crippen LogP contribution in [0.25, 0.3) is 0 Å². The van der Waals surface area contributed by atoms with Gasteiger partial charge in [0, 0.05) is 11.4 Å². The molecule has 132 valence electrons. The van der Waals surface area contributed by atoms with E-state index in [1.165, 1.54) is 6.33 Å². The minimum atomic E-state index is -0.0824. The van der Waals surface area contributed by atoms with Crippen LogP contribution in [0.3, 0.4) is 0 Å². The number of hydrogen-bond donors (Lipinski definition) is 0. The van der Waals surface area contributed by atoms with E-state index < -0.39 is 0 Å². The van der Waals surface area contributed by atoms with Crippen LogP contribution in [0.15, 0.2) is 60.9 Å². The molecular weight excluding hydrogens is 348 g/mol. The van der Waals surface area contributed by atoms with Gasteiger partial charge in [-0.3, -0.25) is 9.69 Å². The van der Waals surface area contributed by atoms with E-state index in [1.807, 2.05) is 54.1 Å². The fourth-order valence-corrected chi connectivity index (χ4v) is 3.70. The number of anilines is 1. The summed E-state index contributed by atoms with van der Waals surface area (Å²) in [6.07, 6.45) is 2.66. The number of nitrogens with zero attached hydrogens (tertiary/aromatic N) is 4. The minimum Gasteiger partial charge on any atom is -0.274 e. The maximum atomic E-state index is 12.7. The van der Waals surface area contributed by atoms with Crippen molar-refractivity contribution in [3.63, 3.8) is 0 Å². The maximum absolute atomic E-state index is 12.7. The Hall–Kier alpha value is -2.66. The monoisotopic (exact) mass is 366 g/mol. The van der Waals surface area contributed by atoms with Crippen LogP contribution in [-0.2, 0) is 4.79 Å². The van der Waals surface area contributed by atoms with Crippen LogP contribution in [0, 0.1) is 0 Å². The van der Waals surface area contributed by atoms with E-state index in [4.69, 9.17) is 11.6 Å².